The molecule has 41 heavy (non-hydrogen) atoms. The summed E-state index contributed by atoms with van der Waals surface area (Å²) in [5.41, 5.74) is 1.33. The minimum atomic E-state index is -4.52. The third-order valence-electron chi connectivity index (χ3n) is 6.55. The van der Waals surface area contributed by atoms with Crippen molar-refractivity contribution >= 4 is 35.1 Å². The molecule has 2 aromatic carbocycles. The summed E-state index contributed by atoms with van der Waals surface area (Å²) in [5.74, 6) is -0.855. The number of para-hydroxylation sites is 1. The van der Waals surface area contributed by atoms with Crippen molar-refractivity contribution in [2.24, 2.45) is 0 Å². The Morgan fingerprint density at radius 3 is 2.51 bits per heavy atom. The molecule has 224 valence electrons. The van der Waals surface area contributed by atoms with Gasteiger partial charge in [-0.15, -0.1) is 0 Å². The summed E-state index contributed by atoms with van der Waals surface area (Å²) in [5, 5.41) is 2.63. The van der Waals surface area contributed by atoms with Crippen LogP contribution in [0.2, 0.25) is 5.02 Å². The van der Waals surface area contributed by atoms with Gasteiger partial charge in [0.15, 0.2) is 6.61 Å². The molecule has 0 fully saturated rings. The Hall–Kier alpha value is -3.51. The second-order valence-electron chi connectivity index (χ2n) is 9.90. The van der Waals surface area contributed by atoms with E-state index in [9.17, 15) is 27.6 Å². The van der Waals surface area contributed by atoms with Crippen molar-refractivity contribution in [2.45, 2.75) is 45.6 Å². The predicted octanol–water partition coefficient (Wildman–Crippen LogP) is 4.73. The van der Waals surface area contributed by atoms with Gasteiger partial charge in [0, 0.05) is 44.5 Å². The number of hydrogen-bond donors (Lipinski definition) is 1. The zero-order valence-electron chi connectivity index (χ0n) is 23.3. The molecule has 13 heteroatoms. The van der Waals surface area contributed by atoms with Gasteiger partial charge in [-0.3, -0.25) is 9.59 Å². The van der Waals surface area contributed by atoms with Crippen LogP contribution in [0.5, 0.6) is 5.75 Å². The number of fused-ring (bicyclic) bond motifs is 1. The lowest BCUT2D eigenvalue weighted by molar-refractivity contribution is -0.153. The minimum Gasteiger partial charge on any atom is -0.484 e. The number of halogens is 4. The van der Waals surface area contributed by atoms with E-state index in [4.69, 9.17) is 21.1 Å². The highest BCUT2D eigenvalue weighted by Gasteiger charge is 2.33. The number of carbonyl (C=O) groups excluding carboxylic acids is 3. The molecule has 0 bridgehead atoms. The Morgan fingerprint density at radius 1 is 1.17 bits per heavy atom. The number of urea groups is 1. The minimum absolute atomic E-state index is 0.0691. The number of nitrogens with zero attached hydrogens (tertiary/aromatic N) is 3. The van der Waals surface area contributed by atoms with Gasteiger partial charge in [0.1, 0.15) is 5.75 Å². The van der Waals surface area contributed by atoms with Gasteiger partial charge >= 0.3 is 12.2 Å². The summed E-state index contributed by atoms with van der Waals surface area (Å²) in [4.78, 5) is 44.4. The Kier molecular flexibility index (Phi) is 10.9. The summed E-state index contributed by atoms with van der Waals surface area (Å²) in [6, 6.07) is 9.81. The Labute approximate surface area is 242 Å². The van der Waals surface area contributed by atoms with Gasteiger partial charge in [-0.1, -0.05) is 29.8 Å². The average Bonchev–Trinajstić information content (AvgIpc) is 3.06. The lowest BCUT2D eigenvalue weighted by Crippen LogP contribution is -2.51. The van der Waals surface area contributed by atoms with Crippen LogP contribution in [0.1, 0.15) is 36.7 Å². The smallest absolute Gasteiger partial charge is 0.422 e. The molecule has 1 aliphatic heterocycles. The number of rotatable bonds is 9. The van der Waals surface area contributed by atoms with E-state index in [1.165, 1.54) is 17.0 Å². The molecular formula is C28H34ClF3N4O5. The van der Waals surface area contributed by atoms with Gasteiger partial charge in [0.05, 0.1) is 23.7 Å². The molecule has 0 aliphatic carbocycles. The summed E-state index contributed by atoms with van der Waals surface area (Å²) >= 11 is 6.30. The van der Waals surface area contributed by atoms with E-state index in [1.54, 1.807) is 48.1 Å². The first-order valence-electron chi connectivity index (χ1n) is 13.0. The molecule has 0 unspecified atom stereocenters. The third kappa shape index (κ3) is 8.49. The number of amides is 4. The van der Waals surface area contributed by atoms with Gasteiger partial charge < -0.3 is 29.5 Å². The normalized spacial score (nSPS) is 15.3. The molecular weight excluding hydrogens is 565 g/mol. The Bertz CT molecular complexity index is 1240. The lowest BCUT2D eigenvalue weighted by atomic mass is 10.1. The van der Waals surface area contributed by atoms with Crippen LogP contribution < -0.4 is 15.0 Å². The largest absolute Gasteiger partial charge is 0.484 e. The molecule has 9 nitrogen and oxygen atoms in total. The van der Waals surface area contributed by atoms with Crippen molar-refractivity contribution in [3.05, 3.63) is 58.6 Å². The summed E-state index contributed by atoms with van der Waals surface area (Å²) in [6.45, 7) is 4.89. The highest BCUT2D eigenvalue weighted by molar-refractivity contribution is 6.34. The van der Waals surface area contributed by atoms with E-state index in [2.05, 4.69) is 5.32 Å². The molecule has 0 saturated carbocycles. The van der Waals surface area contributed by atoms with Crippen molar-refractivity contribution in [3.8, 4) is 5.75 Å². The number of hydrogen-bond acceptors (Lipinski definition) is 5. The van der Waals surface area contributed by atoms with Crippen molar-refractivity contribution in [1.82, 2.24) is 15.1 Å². The molecule has 4 amide bonds. The van der Waals surface area contributed by atoms with Gasteiger partial charge in [-0.2, -0.15) is 13.2 Å². The maximum absolute atomic E-state index is 13.7. The predicted molar refractivity (Wildman–Crippen MR) is 148 cm³/mol. The van der Waals surface area contributed by atoms with Gasteiger partial charge in [0.25, 0.3) is 5.91 Å². The van der Waals surface area contributed by atoms with E-state index < -0.39 is 30.8 Å². The zero-order valence-corrected chi connectivity index (χ0v) is 24.1. The first-order chi connectivity index (χ1) is 19.3. The zero-order chi connectivity index (χ0) is 30.3. The van der Waals surface area contributed by atoms with Crippen molar-refractivity contribution in [1.29, 1.82) is 0 Å². The number of ether oxygens (including phenoxy) is 2. The van der Waals surface area contributed by atoms with Crippen LogP contribution in [-0.2, 0) is 16.1 Å². The highest BCUT2D eigenvalue weighted by atomic mass is 35.5. The van der Waals surface area contributed by atoms with Crippen LogP contribution in [-0.4, -0.2) is 85.9 Å². The van der Waals surface area contributed by atoms with Crippen molar-refractivity contribution in [3.63, 3.8) is 0 Å². The number of nitrogens with one attached hydrogen (secondary N) is 1. The summed E-state index contributed by atoms with van der Waals surface area (Å²) in [7, 11) is 1.55. The SMILES string of the molecule is COCCN(C(=O)CNC(=O)N1Cc2ccccc2N(C(=O)c2ccc(OCC(F)(F)F)cc2Cl)C[C@H]1C)C(C)C. The molecule has 1 heterocycles. The topological polar surface area (TPSA) is 91.4 Å². The molecule has 0 radical (unpaired) electrons. The number of anilines is 1. The van der Waals surface area contributed by atoms with Crippen LogP contribution >= 0.6 is 11.6 Å². The number of alkyl halides is 3. The Balaban J connectivity index is 1.78. The number of benzene rings is 2. The number of methoxy groups -OCH3 is 1. The fourth-order valence-electron chi connectivity index (χ4n) is 4.46. The molecule has 1 aliphatic rings. The fraction of sp³-hybridized carbons (Fsp3) is 0.464. The molecule has 0 aromatic heterocycles. The number of carbonyl (C=O) groups is 3. The monoisotopic (exact) mass is 598 g/mol. The molecule has 1 atom stereocenters. The molecule has 0 saturated heterocycles. The molecule has 2 aromatic rings. The van der Waals surface area contributed by atoms with E-state index in [0.717, 1.165) is 6.07 Å². The first-order valence-corrected chi connectivity index (χ1v) is 13.4. The van der Waals surface area contributed by atoms with Crippen LogP contribution in [0.15, 0.2) is 42.5 Å². The molecule has 1 N–H and O–H groups in total. The molecule has 0 spiro atoms. The molecule has 3 rings (SSSR count). The standard InChI is InChI=1S/C28H34ClF3N4O5/c1-18(2)34(11-12-40-4)25(37)14-33-27(39)35-16-20-7-5-6-8-24(20)36(15-19(35)3)26(38)22-10-9-21(13-23(22)29)41-17-28(30,31)32/h5-10,13,18-19H,11-12,14-17H2,1-4H3,(H,33,39)/t19-/m1/s1. The quantitative estimate of drug-likeness (QED) is 0.451. The van der Waals surface area contributed by atoms with E-state index in [0.29, 0.717) is 24.4 Å². The third-order valence-corrected chi connectivity index (χ3v) is 6.86. The fourth-order valence-corrected chi connectivity index (χ4v) is 4.71. The summed E-state index contributed by atoms with van der Waals surface area (Å²) < 4.78 is 47.4. The van der Waals surface area contributed by atoms with E-state index in [-0.39, 0.29) is 47.9 Å². The first kappa shape index (κ1) is 32.0. The highest BCUT2D eigenvalue weighted by Crippen LogP contribution is 2.31. The van der Waals surface area contributed by atoms with Crippen LogP contribution in [0.3, 0.4) is 0 Å². The summed E-state index contributed by atoms with van der Waals surface area (Å²) in [6.07, 6.45) is -4.52. The second-order valence-corrected chi connectivity index (χ2v) is 10.3. The maximum atomic E-state index is 13.7. The lowest BCUT2D eigenvalue weighted by Gasteiger charge is -2.30. The van der Waals surface area contributed by atoms with Crippen LogP contribution in [0.4, 0.5) is 23.7 Å². The second kappa shape index (κ2) is 13.9. The van der Waals surface area contributed by atoms with Crippen molar-refractivity contribution < 1.29 is 37.0 Å². The van der Waals surface area contributed by atoms with Crippen LogP contribution in [0, 0.1) is 0 Å². The maximum Gasteiger partial charge on any atom is 0.422 e. The van der Waals surface area contributed by atoms with Gasteiger partial charge in [-0.05, 0) is 50.6 Å². The van der Waals surface area contributed by atoms with Gasteiger partial charge in [0.2, 0.25) is 5.91 Å². The van der Waals surface area contributed by atoms with Crippen LogP contribution in [0.25, 0.3) is 0 Å². The van der Waals surface area contributed by atoms with E-state index in [1.807, 2.05) is 13.8 Å². The van der Waals surface area contributed by atoms with Crippen molar-refractivity contribution in [2.75, 3.05) is 44.9 Å². The Morgan fingerprint density at radius 2 is 1.88 bits per heavy atom. The van der Waals surface area contributed by atoms with E-state index >= 15 is 0 Å². The van der Waals surface area contributed by atoms with Gasteiger partial charge in [-0.25, -0.2) is 4.79 Å². The average molecular weight is 599 g/mol.